The van der Waals surface area contributed by atoms with E-state index in [0.717, 1.165) is 37.4 Å². The maximum absolute atomic E-state index is 11.0. The Bertz CT molecular complexity index is 679. The summed E-state index contributed by atoms with van der Waals surface area (Å²) in [4.78, 5) is 13.4. The van der Waals surface area contributed by atoms with E-state index in [2.05, 4.69) is 17.0 Å². The Morgan fingerprint density at radius 3 is 2.64 bits per heavy atom. The van der Waals surface area contributed by atoms with Gasteiger partial charge in [-0.1, -0.05) is 18.2 Å². The summed E-state index contributed by atoms with van der Waals surface area (Å²) >= 11 is 0. The molecule has 22 heavy (non-hydrogen) atoms. The highest BCUT2D eigenvalue weighted by Gasteiger charge is 2.17. The fraction of sp³-hybridized carbons (Fsp3) is 0.278. The lowest BCUT2D eigenvalue weighted by Crippen LogP contribution is -2.30. The first-order chi connectivity index (χ1) is 10.7. The highest BCUT2D eigenvalue weighted by Crippen LogP contribution is 2.22. The molecule has 2 aromatic carbocycles. The fourth-order valence-corrected chi connectivity index (χ4v) is 2.87. The van der Waals surface area contributed by atoms with Gasteiger partial charge in [0.05, 0.1) is 12.7 Å². The van der Waals surface area contributed by atoms with E-state index in [0.29, 0.717) is 5.56 Å². The maximum Gasteiger partial charge on any atom is 0.335 e. The number of aromatic carboxylic acids is 1. The molecule has 0 fully saturated rings. The summed E-state index contributed by atoms with van der Waals surface area (Å²) < 4.78 is 5.17. The minimum absolute atomic E-state index is 0.377. The summed E-state index contributed by atoms with van der Waals surface area (Å²) in [6.07, 6.45) is 0.895. The molecule has 0 aromatic heterocycles. The molecule has 0 aliphatic carbocycles. The molecule has 0 radical (unpaired) electrons. The largest absolute Gasteiger partial charge is 0.497 e. The molecular weight excluding hydrogens is 278 g/mol. The van der Waals surface area contributed by atoms with Crippen LogP contribution in [0.15, 0.2) is 42.5 Å². The predicted molar refractivity (Wildman–Crippen MR) is 84.2 cm³/mol. The predicted octanol–water partition coefficient (Wildman–Crippen LogP) is 2.95. The number of fused-ring (bicyclic) bond motifs is 1. The normalized spacial score (nSPS) is 14.4. The monoisotopic (exact) mass is 297 g/mol. The van der Waals surface area contributed by atoms with Gasteiger partial charge in [0.15, 0.2) is 0 Å². The molecule has 0 saturated heterocycles. The summed E-state index contributed by atoms with van der Waals surface area (Å²) in [5.74, 6) is 0.0115. The first-order valence-electron chi connectivity index (χ1n) is 7.36. The Morgan fingerprint density at radius 1 is 1.18 bits per heavy atom. The third-order valence-electron chi connectivity index (χ3n) is 4.11. The number of carboxylic acids is 1. The van der Waals surface area contributed by atoms with E-state index in [9.17, 15) is 4.79 Å². The quantitative estimate of drug-likeness (QED) is 0.942. The highest BCUT2D eigenvalue weighted by molar-refractivity contribution is 5.87. The molecule has 1 heterocycles. The van der Waals surface area contributed by atoms with Crippen molar-refractivity contribution in [2.75, 3.05) is 13.7 Å². The molecule has 1 aliphatic rings. The van der Waals surface area contributed by atoms with Gasteiger partial charge in [-0.25, -0.2) is 4.79 Å². The molecule has 0 atom stereocenters. The Hall–Kier alpha value is -2.33. The third kappa shape index (κ3) is 3.12. The summed E-state index contributed by atoms with van der Waals surface area (Å²) in [7, 11) is 1.67. The van der Waals surface area contributed by atoms with E-state index in [-0.39, 0.29) is 0 Å². The minimum atomic E-state index is -0.858. The van der Waals surface area contributed by atoms with E-state index in [1.807, 2.05) is 24.3 Å². The number of benzene rings is 2. The molecule has 0 bridgehead atoms. The van der Waals surface area contributed by atoms with Crippen LogP contribution in [0.2, 0.25) is 0 Å². The lowest BCUT2D eigenvalue weighted by atomic mass is 9.97. The number of ether oxygens (including phenoxy) is 1. The second-order valence-electron chi connectivity index (χ2n) is 5.60. The summed E-state index contributed by atoms with van der Waals surface area (Å²) in [6, 6.07) is 13.6. The lowest BCUT2D eigenvalue weighted by Gasteiger charge is -2.29. The SMILES string of the molecule is COc1ccc(CN2CCc3cc(C(=O)O)ccc3C2)cc1. The first kappa shape index (κ1) is 14.6. The third-order valence-corrected chi connectivity index (χ3v) is 4.11. The molecule has 4 heteroatoms. The van der Waals surface area contributed by atoms with Crippen LogP contribution in [-0.4, -0.2) is 29.6 Å². The average molecular weight is 297 g/mol. The minimum Gasteiger partial charge on any atom is -0.497 e. The van der Waals surface area contributed by atoms with Gasteiger partial charge in [-0.05, 0) is 47.4 Å². The van der Waals surface area contributed by atoms with Crippen LogP contribution in [0, 0.1) is 0 Å². The molecule has 0 amide bonds. The molecule has 0 spiro atoms. The number of carboxylic acid groups (broad SMARTS) is 1. The topological polar surface area (TPSA) is 49.8 Å². The molecule has 0 saturated carbocycles. The number of carbonyl (C=O) groups is 1. The molecule has 4 nitrogen and oxygen atoms in total. The van der Waals surface area contributed by atoms with Gasteiger partial charge in [-0.15, -0.1) is 0 Å². The van der Waals surface area contributed by atoms with Crippen LogP contribution >= 0.6 is 0 Å². The van der Waals surface area contributed by atoms with Crippen LogP contribution in [0.4, 0.5) is 0 Å². The zero-order valence-corrected chi connectivity index (χ0v) is 12.6. The molecule has 1 N–H and O–H groups in total. The van der Waals surface area contributed by atoms with E-state index in [1.165, 1.54) is 11.1 Å². The smallest absolute Gasteiger partial charge is 0.335 e. The van der Waals surface area contributed by atoms with Gasteiger partial charge in [-0.2, -0.15) is 0 Å². The standard InChI is InChI=1S/C18H19NO3/c1-22-17-6-2-13(3-7-17)11-19-9-8-14-10-15(18(20)21)4-5-16(14)12-19/h2-7,10H,8-9,11-12H2,1H3,(H,20,21). The van der Waals surface area contributed by atoms with Crippen molar-refractivity contribution >= 4 is 5.97 Å². The van der Waals surface area contributed by atoms with Crippen molar-refractivity contribution in [3.8, 4) is 5.75 Å². The maximum atomic E-state index is 11.0. The van der Waals surface area contributed by atoms with Gasteiger partial charge in [-0.3, -0.25) is 4.90 Å². The van der Waals surface area contributed by atoms with Gasteiger partial charge in [0.1, 0.15) is 5.75 Å². The van der Waals surface area contributed by atoms with Crippen molar-refractivity contribution in [3.63, 3.8) is 0 Å². The average Bonchev–Trinajstić information content (AvgIpc) is 2.55. The van der Waals surface area contributed by atoms with E-state index in [1.54, 1.807) is 13.2 Å². The van der Waals surface area contributed by atoms with Crippen LogP contribution in [-0.2, 0) is 19.5 Å². The highest BCUT2D eigenvalue weighted by atomic mass is 16.5. The molecule has 114 valence electrons. The first-order valence-corrected chi connectivity index (χ1v) is 7.36. The van der Waals surface area contributed by atoms with Crippen LogP contribution in [0.1, 0.15) is 27.0 Å². The Morgan fingerprint density at radius 2 is 1.95 bits per heavy atom. The number of methoxy groups -OCH3 is 1. The summed E-state index contributed by atoms with van der Waals surface area (Å²) in [5.41, 5.74) is 4.02. The van der Waals surface area contributed by atoms with E-state index >= 15 is 0 Å². The van der Waals surface area contributed by atoms with Crippen molar-refractivity contribution in [3.05, 3.63) is 64.7 Å². The van der Waals surface area contributed by atoms with Crippen molar-refractivity contribution < 1.29 is 14.6 Å². The second-order valence-corrected chi connectivity index (χ2v) is 5.60. The zero-order chi connectivity index (χ0) is 15.5. The molecule has 1 aliphatic heterocycles. The Balaban J connectivity index is 1.69. The zero-order valence-electron chi connectivity index (χ0n) is 12.6. The van der Waals surface area contributed by atoms with Gasteiger partial charge in [0.25, 0.3) is 0 Å². The molecule has 2 aromatic rings. The van der Waals surface area contributed by atoms with Crippen LogP contribution in [0.25, 0.3) is 0 Å². The van der Waals surface area contributed by atoms with E-state index in [4.69, 9.17) is 9.84 Å². The number of hydrogen-bond acceptors (Lipinski definition) is 3. The fourth-order valence-electron chi connectivity index (χ4n) is 2.87. The lowest BCUT2D eigenvalue weighted by molar-refractivity contribution is 0.0696. The van der Waals surface area contributed by atoms with Crippen LogP contribution in [0.5, 0.6) is 5.75 Å². The van der Waals surface area contributed by atoms with Gasteiger partial charge in [0, 0.05) is 19.6 Å². The number of nitrogens with zero attached hydrogens (tertiary/aromatic N) is 1. The van der Waals surface area contributed by atoms with E-state index < -0.39 is 5.97 Å². The number of hydrogen-bond donors (Lipinski definition) is 1. The molecule has 0 unspecified atom stereocenters. The van der Waals surface area contributed by atoms with Crippen LogP contribution < -0.4 is 4.74 Å². The van der Waals surface area contributed by atoms with Gasteiger partial charge < -0.3 is 9.84 Å². The van der Waals surface area contributed by atoms with Gasteiger partial charge in [0.2, 0.25) is 0 Å². The van der Waals surface area contributed by atoms with Gasteiger partial charge >= 0.3 is 5.97 Å². The van der Waals surface area contributed by atoms with Crippen LogP contribution in [0.3, 0.4) is 0 Å². The number of rotatable bonds is 4. The second kappa shape index (κ2) is 6.20. The summed E-state index contributed by atoms with van der Waals surface area (Å²) in [6.45, 7) is 2.70. The van der Waals surface area contributed by atoms with Crippen molar-refractivity contribution in [2.45, 2.75) is 19.5 Å². The van der Waals surface area contributed by atoms with Crippen molar-refractivity contribution in [1.29, 1.82) is 0 Å². The summed E-state index contributed by atoms with van der Waals surface area (Å²) in [5, 5.41) is 9.06. The van der Waals surface area contributed by atoms with Crippen molar-refractivity contribution in [2.24, 2.45) is 0 Å². The molecular formula is C18H19NO3. The Kier molecular flexibility index (Phi) is 4.11. The van der Waals surface area contributed by atoms with Crippen molar-refractivity contribution in [1.82, 2.24) is 4.90 Å². The Labute approximate surface area is 130 Å². The molecule has 3 rings (SSSR count).